The lowest BCUT2D eigenvalue weighted by Gasteiger charge is -2.12. The third-order valence-electron chi connectivity index (χ3n) is 2.29. The van der Waals surface area contributed by atoms with E-state index >= 15 is 0 Å². The molecular formula is C10H16N4O2S. The Morgan fingerprint density at radius 1 is 1.47 bits per heavy atom. The number of thioether (sulfide) groups is 1. The number of nitrogen functional groups attached to an aromatic ring is 1. The van der Waals surface area contributed by atoms with E-state index < -0.39 is 4.92 Å². The highest BCUT2D eigenvalue weighted by Gasteiger charge is 2.09. The number of benzene rings is 1. The Bertz CT molecular complexity index is 400. The molecule has 4 N–H and O–H groups in total. The van der Waals surface area contributed by atoms with Crippen LogP contribution < -0.4 is 16.6 Å². The van der Waals surface area contributed by atoms with Crippen LogP contribution in [0.25, 0.3) is 0 Å². The number of rotatable bonds is 6. The van der Waals surface area contributed by atoms with Crippen molar-refractivity contribution >= 4 is 28.8 Å². The molecule has 94 valence electrons. The van der Waals surface area contributed by atoms with Gasteiger partial charge in [0.15, 0.2) is 0 Å². The molecule has 0 aliphatic carbocycles. The monoisotopic (exact) mass is 256 g/mol. The van der Waals surface area contributed by atoms with E-state index in [0.717, 1.165) is 6.54 Å². The summed E-state index contributed by atoms with van der Waals surface area (Å²) in [5.74, 6) is 5.27. The molecule has 6 nitrogen and oxygen atoms in total. The topological polar surface area (TPSA) is 93.2 Å². The fourth-order valence-corrected chi connectivity index (χ4v) is 1.50. The van der Waals surface area contributed by atoms with Crippen molar-refractivity contribution < 1.29 is 4.92 Å². The second-order valence-corrected chi connectivity index (χ2v) is 4.87. The fraction of sp³-hybridized carbons (Fsp3) is 0.400. The van der Waals surface area contributed by atoms with Gasteiger partial charge in [-0.25, -0.2) is 0 Å². The van der Waals surface area contributed by atoms with Crippen molar-refractivity contribution in [1.29, 1.82) is 0 Å². The number of nitrogens with zero attached hydrogens (tertiary/aromatic N) is 1. The van der Waals surface area contributed by atoms with Crippen LogP contribution in [-0.2, 0) is 0 Å². The van der Waals surface area contributed by atoms with Crippen LogP contribution in [-0.4, -0.2) is 23.0 Å². The summed E-state index contributed by atoms with van der Waals surface area (Å²) in [6, 6.07) is 4.62. The number of hydrogen-bond acceptors (Lipinski definition) is 6. The predicted octanol–water partition coefficient (Wildman–Crippen LogP) is 2.04. The molecule has 0 saturated carbocycles. The van der Waals surface area contributed by atoms with Crippen molar-refractivity contribution in [2.45, 2.75) is 12.2 Å². The van der Waals surface area contributed by atoms with E-state index in [4.69, 9.17) is 5.84 Å². The predicted molar refractivity (Wildman–Crippen MR) is 72.4 cm³/mol. The molecule has 7 heteroatoms. The molecule has 0 spiro atoms. The normalized spacial score (nSPS) is 11.9. The summed E-state index contributed by atoms with van der Waals surface area (Å²) in [6.45, 7) is 2.82. The van der Waals surface area contributed by atoms with Crippen molar-refractivity contribution in [2.24, 2.45) is 5.84 Å². The van der Waals surface area contributed by atoms with Gasteiger partial charge in [0, 0.05) is 29.6 Å². The molecule has 0 aliphatic heterocycles. The zero-order valence-corrected chi connectivity index (χ0v) is 10.6. The highest BCUT2D eigenvalue weighted by Crippen LogP contribution is 2.24. The van der Waals surface area contributed by atoms with Crippen molar-refractivity contribution in [3.63, 3.8) is 0 Å². The number of nitrogens with one attached hydrogen (secondary N) is 2. The molecule has 0 saturated heterocycles. The number of anilines is 2. The Balaban J connectivity index is 2.83. The maximum absolute atomic E-state index is 10.7. The van der Waals surface area contributed by atoms with Crippen LogP contribution in [0.4, 0.5) is 17.1 Å². The molecule has 1 aromatic rings. The molecule has 17 heavy (non-hydrogen) atoms. The van der Waals surface area contributed by atoms with E-state index in [9.17, 15) is 10.1 Å². The van der Waals surface area contributed by atoms with Crippen molar-refractivity contribution in [3.05, 3.63) is 28.3 Å². The lowest BCUT2D eigenvalue weighted by molar-refractivity contribution is -0.384. The van der Waals surface area contributed by atoms with Crippen LogP contribution in [0.15, 0.2) is 18.2 Å². The highest BCUT2D eigenvalue weighted by atomic mass is 32.2. The SMILES string of the molecule is CSC(C)CNc1cc(NN)cc([N+](=O)[O-])c1. The Morgan fingerprint density at radius 3 is 2.65 bits per heavy atom. The van der Waals surface area contributed by atoms with Crippen LogP contribution in [0, 0.1) is 10.1 Å². The molecule has 1 atom stereocenters. The minimum Gasteiger partial charge on any atom is -0.384 e. The summed E-state index contributed by atoms with van der Waals surface area (Å²) in [6.07, 6.45) is 2.02. The first-order valence-corrected chi connectivity index (χ1v) is 6.38. The van der Waals surface area contributed by atoms with E-state index in [1.165, 1.54) is 12.1 Å². The average Bonchev–Trinajstić information content (AvgIpc) is 2.35. The van der Waals surface area contributed by atoms with Gasteiger partial charge in [-0.1, -0.05) is 6.92 Å². The molecule has 0 fully saturated rings. The minimum absolute atomic E-state index is 0.0137. The summed E-state index contributed by atoms with van der Waals surface area (Å²) in [4.78, 5) is 10.3. The lowest BCUT2D eigenvalue weighted by Crippen LogP contribution is -2.13. The molecule has 0 heterocycles. The first kappa shape index (κ1) is 13.6. The molecule has 0 radical (unpaired) electrons. The van der Waals surface area contributed by atoms with Crippen LogP contribution in [0.2, 0.25) is 0 Å². The number of hydrazine groups is 1. The molecule has 1 aromatic carbocycles. The Labute approximate surface area is 104 Å². The van der Waals surface area contributed by atoms with Gasteiger partial charge in [0.2, 0.25) is 0 Å². The number of hydrogen-bond donors (Lipinski definition) is 3. The van der Waals surface area contributed by atoms with E-state index in [1.54, 1.807) is 17.8 Å². The van der Waals surface area contributed by atoms with Crippen molar-refractivity contribution in [2.75, 3.05) is 23.5 Å². The van der Waals surface area contributed by atoms with Crippen LogP contribution in [0.1, 0.15) is 6.92 Å². The first-order chi connectivity index (χ1) is 8.06. The second-order valence-electron chi connectivity index (χ2n) is 3.60. The van der Waals surface area contributed by atoms with Gasteiger partial charge in [0.1, 0.15) is 0 Å². The first-order valence-electron chi connectivity index (χ1n) is 5.09. The molecule has 0 aromatic heterocycles. The zero-order valence-electron chi connectivity index (χ0n) is 9.77. The average molecular weight is 256 g/mol. The number of non-ortho nitro benzene ring substituents is 1. The van der Waals surface area contributed by atoms with Gasteiger partial charge in [0.05, 0.1) is 10.6 Å². The van der Waals surface area contributed by atoms with Crippen LogP contribution in [0.3, 0.4) is 0 Å². The Hall–Kier alpha value is -1.47. The molecule has 1 rings (SSSR count). The summed E-state index contributed by atoms with van der Waals surface area (Å²) in [5, 5.41) is 14.3. The van der Waals surface area contributed by atoms with Crippen molar-refractivity contribution in [3.8, 4) is 0 Å². The van der Waals surface area contributed by atoms with E-state index in [1.807, 2.05) is 6.26 Å². The quantitative estimate of drug-likeness (QED) is 0.410. The molecule has 0 bridgehead atoms. The van der Waals surface area contributed by atoms with Gasteiger partial charge in [-0.15, -0.1) is 0 Å². The van der Waals surface area contributed by atoms with E-state index in [-0.39, 0.29) is 5.69 Å². The van der Waals surface area contributed by atoms with E-state index in [2.05, 4.69) is 17.7 Å². The molecule has 0 aliphatic rings. The summed E-state index contributed by atoms with van der Waals surface area (Å²) in [7, 11) is 0. The van der Waals surface area contributed by atoms with Crippen LogP contribution >= 0.6 is 11.8 Å². The van der Waals surface area contributed by atoms with Gasteiger partial charge in [-0.05, 0) is 12.3 Å². The minimum atomic E-state index is -0.440. The van der Waals surface area contributed by atoms with Gasteiger partial charge < -0.3 is 10.7 Å². The standard InChI is InChI=1S/C10H16N4O2S/c1-7(17-2)6-12-8-3-9(13-11)5-10(4-8)14(15)16/h3-5,7,12-13H,6,11H2,1-2H3. The van der Waals surface area contributed by atoms with Gasteiger partial charge in [0.25, 0.3) is 5.69 Å². The largest absolute Gasteiger partial charge is 0.384 e. The lowest BCUT2D eigenvalue weighted by atomic mass is 10.2. The molecular weight excluding hydrogens is 240 g/mol. The third-order valence-corrected chi connectivity index (χ3v) is 3.26. The maximum Gasteiger partial charge on any atom is 0.273 e. The summed E-state index contributed by atoms with van der Waals surface area (Å²) < 4.78 is 0. The zero-order chi connectivity index (χ0) is 12.8. The number of nitro benzene ring substituents is 1. The smallest absolute Gasteiger partial charge is 0.273 e. The van der Waals surface area contributed by atoms with Gasteiger partial charge >= 0.3 is 0 Å². The molecule has 1 unspecified atom stereocenters. The van der Waals surface area contributed by atoms with Gasteiger partial charge in [-0.3, -0.25) is 16.0 Å². The second kappa shape index (κ2) is 6.31. The Kier molecular flexibility index (Phi) is 5.05. The Morgan fingerprint density at radius 2 is 2.12 bits per heavy atom. The van der Waals surface area contributed by atoms with E-state index in [0.29, 0.717) is 16.6 Å². The van der Waals surface area contributed by atoms with Crippen LogP contribution in [0.5, 0.6) is 0 Å². The number of nitrogens with two attached hydrogens (primary N) is 1. The van der Waals surface area contributed by atoms with Gasteiger partial charge in [-0.2, -0.15) is 11.8 Å². The number of nitro groups is 1. The summed E-state index contributed by atoms with van der Waals surface area (Å²) >= 11 is 1.73. The molecule has 0 amide bonds. The summed E-state index contributed by atoms with van der Waals surface area (Å²) in [5.41, 5.74) is 3.63. The fourth-order valence-electron chi connectivity index (χ4n) is 1.25. The third kappa shape index (κ3) is 4.12. The highest BCUT2D eigenvalue weighted by molar-refractivity contribution is 7.99. The maximum atomic E-state index is 10.7. The van der Waals surface area contributed by atoms with Crippen molar-refractivity contribution in [1.82, 2.24) is 0 Å².